The molecule has 5 heteroatoms. The number of nitrogens with two attached hydrogens (primary N) is 1. The standard InChI is InChI=1S/C10H19NO4/c11-3-1-2-9-14-6-10(7-15-9)4-12-8-13-5-10/h9H,1-8,11H2. The molecule has 2 aliphatic rings. The highest BCUT2D eigenvalue weighted by molar-refractivity contribution is 4.82. The van der Waals surface area contributed by atoms with Gasteiger partial charge in [0.15, 0.2) is 6.29 Å². The van der Waals surface area contributed by atoms with Gasteiger partial charge < -0.3 is 24.7 Å². The Morgan fingerprint density at radius 1 is 1.07 bits per heavy atom. The van der Waals surface area contributed by atoms with Gasteiger partial charge in [-0.15, -0.1) is 0 Å². The zero-order valence-electron chi connectivity index (χ0n) is 8.94. The summed E-state index contributed by atoms with van der Waals surface area (Å²) in [4.78, 5) is 0. The summed E-state index contributed by atoms with van der Waals surface area (Å²) < 4.78 is 21.8. The number of ether oxygens (including phenoxy) is 4. The van der Waals surface area contributed by atoms with Crippen molar-refractivity contribution in [3.05, 3.63) is 0 Å². The molecule has 0 saturated carbocycles. The van der Waals surface area contributed by atoms with Crippen LogP contribution in [0.5, 0.6) is 0 Å². The lowest BCUT2D eigenvalue weighted by molar-refractivity contribution is -0.280. The first-order valence-corrected chi connectivity index (χ1v) is 5.43. The van der Waals surface area contributed by atoms with Crippen molar-refractivity contribution in [3.8, 4) is 0 Å². The van der Waals surface area contributed by atoms with E-state index in [0.29, 0.717) is 39.8 Å². The molecule has 1 spiro atoms. The molecule has 15 heavy (non-hydrogen) atoms. The average Bonchev–Trinajstić information content (AvgIpc) is 2.30. The first-order valence-electron chi connectivity index (χ1n) is 5.43. The summed E-state index contributed by atoms with van der Waals surface area (Å²) in [5.74, 6) is 0. The van der Waals surface area contributed by atoms with E-state index in [4.69, 9.17) is 24.7 Å². The molecule has 0 aromatic rings. The van der Waals surface area contributed by atoms with E-state index in [-0.39, 0.29) is 11.7 Å². The second-order valence-corrected chi connectivity index (χ2v) is 4.30. The van der Waals surface area contributed by atoms with E-state index in [1.54, 1.807) is 0 Å². The predicted octanol–water partition coefficient (Wildman–Crippen LogP) is 0.0889. The lowest BCUT2D eigenvalue weighted by Gasteiger charge is -2.41. The Balaban J connectivity index is 1.75. The Kier molecular flexibility index (Phi) is 3.93. The van der Waals surface area contributed by atoms with E-state index in [9.17, 15) is 0 Å². The second-order valence-electron chi connectivity index (χ2n) is 4.30. The minimum atomic E-state index is -0.0962. The first kappa shape index (κ1) is 11.3. The topological polar surface area (TPSA) is 62.9 Å². The molecule has 2 saturated heterocycles. The molecule has 0 amide bonds. The largest absolute Gasteiger partial charge is 0.355 e. The Morgan fingerprint density at radius 3 is 2.33 bits per heavy atom. The molecule has 0 aliphatic carbocycles. The summed E-state index contributed by atoms with van der Waals surface area (Å²) in [6.07, 6.45) is 1.71. The quantitative estimate of drug-likeness (QED) is 0.726. The van der Waals surface area contributed by atoms with Crippen molar-refractivity contribution in [1.82, 2.24) is 0 Å². The van der Waals surface area contributed by atoms with E-state index in [1.165, 1.54) is 0 Å². The van der Waals surface area contributed by atoms with Gasteiger partial charge in [0.05, 0.1) is 31.8 Å². The lowest BCUT2D eigenvalue weighted by atomic mass is 9.91. The fraction of sp³-hybridized carbons (Fsp3) is 1.00. The fourth-order valence-corrected chi connectivity index (χ4v) is 1.86. The van der Waals surface area contributed by atoms with Gasteiger partial charge in [-0.25, -0.2) is 0 Å². The molecular formula is C10H19NO4. The summed E-state index contributed by atoms with van der Waals surface area (Å²) in [6.45, 7) is 3.70. The highest BCUT2D eigenvalue weighted by Gasteiger charge is 2.39. The van der Waals surface area contributed by atoms with Gasteiger partial charge in [0.25, 0.3) is 0 Å². The second kappa shape index (κ2) is 5.23. The molecule has 0 aromatic carbocycles. The molecule has 2 aliphatic heterocycles. The third-order valence-corrected chi connectivity index (χ3v) is 2.78. The van der Waals surface area contributed by atoms with Crippen LogP contribution in [0.2, 0.25) is 0 Å². The molecule has 2 rings (SSSR count). The molecule has 0 radical (unpaired) electrons. The van der Waals surface area contributed by atoms with Gasteiger partial charge in [-0.3, -0.25) is 0 Å². The molecule has 88 valence electrons. The SMILES string of the molecule is NCCCC1OCC2(COCOC2)CO1. The molecule has 2 N–H and O–H groups in total. The van der Waals surface area contributed by atoms with E-state index < -0.39 is 0 Å². The zero-order chi connectivity index (χ0) is 10.6. The Hall–Kier alpha value is -0.200. The summed E-state index contributed by atoms with van der Waals surface area (Å²) in [7, 11) is 0. The van der Waals surface area contributed by atoms with Gasteiger partial charge in [-0.2, -0.15) is 0 Å². The third kappa shape index (κ3) is 2.89. The Morgan fingerprint density at radius 2 is 1.73 bits per heavy atom. The van der Waals surface area contributed by atoms with Crippen LogP contribution in [0, 0.1) is 5.41 Å². The monoisotopic (exact) mass is 217 g/mol. The number of hydrogen-bond donors (Lipinski definition) is 1. The minimum absolute atomic E-state index is 0.0858. The van der Waals surface area contributed by atoms with Gasteiger partial charge in [-0.05, 0) is 19.4 Å². The fourth-order valence-electron chi connectivity index (χ4n) is 1.86. The van der Waals surface area contributed by atoms with Crippen LogP contribution >= 0.6 is 0 Å². The van der Waals surface area contributed by atoms with E-state index in [0.717, 1.165) is 12.8 Å². The van der Waals surface area contributed by atoms with Crippen molar-refractivity contribution in [2.24, 2.45) is 11.1 Å². The highest BCUT2D eigenvalue weighted by atomic mass is 16.7. The van der Waals surface area contributed by atoms with Crippen LogP contribution in [0.25, 0.3) is 0 Å². The van der Waals surface area contributed by atoms with Crippen molar-refractivity contribution in [1.29, 1.82) is 0 Å². The van der Waals surface area contributed by atoms with Gasteiger partial charge in [0.2, 0.25) is 0 Å². The number of rotatable bonds is 3. The van der Waals surface area contributed by atoms with Crippen LogP contribution < -0.4 is 5.73 Å². The van der Waals surface area contributed by atoms with Gasteiger partial charge >= 0.3 is 0 Å². The van der Waals surface area contributed by atoms with Gasteiger partial charge in [0, 0.05) is 0 Å². The Bertz CT molecular complexity index is 184. The van der Waals surface area contributed by atoms with E-state index in [2.05, 4.69) is 0 Å². The smallest absolute Gasteiger partial charge is 0.157 e. The van der Waals surface area contributed by atoms with Crippen LogP contribution in [-0.2, 0) is 18.9 Å². The molecule has 0 atom stereocenters. The van der Waals surface area contributed by atoms with Crippen LogP contribution in [0.4, 0.5) is 0 Å². The maximum Gasteiger partial charge on any atom is 0.157 e. The summed E-state index contributed by atoms with van der Waals surface area (Å²) in [6, 6.07) is 0. The molecule has 0 unspecified atom stereocenters. The van der Waals surface area contributed by atoms with Crippen molar-refractivity contribution in [2.45, 2.75) is 19.1 Å². The summed E-state index contributed by atoms with van der Waals surface area (Å²) >= 11 is 0. The highest BCUT2D eigenvalue weighted by Crippen LogP contribution is 2.29. The summed E-state index contributed by atoms with van der Waals surface area (Å²) in [5.41, 5.74) is 5.35. The van der Waals surface area contributed by atoms with Crippen molar-refractivity contribution >= 4 is 0 Å². The van der Waals surface area contributed by atoms with E-state index in [1.807, 2.05) is 0 Å². The minimum Gasteiger partial charge on any atom is -0.355 e. The average molecular weight is 217 g/mol. The van der Waals surface area contributed by atoms with Crippen molar-refractivity contribution in [2.75, 3.05) is 39.8 Å². The molecule has 0 aromatic heterocycles. The molecule has 0 bridgehead atoms. The van der Waals surface area contributed by atoms with Crippen LogP contribution in [0.3, 0.4) is 0 Å². The Labute approximate surface area is 89.8 Å². The maximum atomic E-state index is 5.64. The van der Waals surface area contributed by atoms with E-state index >= 15 is 0 Å². The van der Waals surface area contributed by atoms with Gasteiger partial charge in [-0.1, -0.05) is 0 Å². The molecule has 2 heterocycles. The zero-order valence-corrected chi connectivity index (χ0v) is 8.94. The summed E-state index contributed by atoms with van der Waals surface area (Å²) in [5, 5.41) is 0. The molecular weight excluding hydrogens is 198 g/mol. The van der Waals surface area contributed by atoms with Crippen molar-refractivity contribution in [3.63, 3.8) is 0 Å². The lowest BCUT2D eigenvalue weighted by Crippen LogP contribution is -2.50. The maximum absolute atomic E-state index is 5.64. The molecule has 2 fully saturated rings. The predicted molar refractivity (Wildman–Crippen MR) is 53.2 cm³/mol. The number of hydrogen-bond acceptors (Lipinski definition) is 5. The van der Waals surface area contributed by atoms with Crippen LogP contribution in [-0.4, -0.2) is 46.1 Å². The normalized spacial score (nSPS) is 27.0. The van der Waals surface area contributed by atoms with Crippen LogP contribution in [0.1, 0.15) is 12.8 Å². The van der Waals surface area contributed by atoms with Crippen molar-refractivity contribution < 1.29 is 18.9 Å². The first-order chi connectivity index (χ1) is 7.35. The van der Waals surface area contributed by atoms with Gasteiger partial charge in [0.1, 0.15) is 6.79 Å². The third-order valence-electron chi connectivity index (χ3n) is 2.78. The molecule has 5 nitrogen and oxygen atoms in total. The van der Waals surface area contributed by atoms with Crippen LogP contribution in [0.15, 0.2) is 0 Å².